The highest BCUT2D eigenvalue weighted by Crippen LogP contribution is 2.29. The van der Waals surface area contributed by atoms with Crippen LogP contribution in [0.4, 0.5) is 0 Å². The van der Waals surface area contributed by atoms with E-state index in [0.29, 0.717) is 13.2 Å². The normalized spacial score (nSPS) is 10.8. The number of nitrogens with one attached hydrogen (secondary N) is 1. The van der Waals surface area contributed by atoms with Crippen LogP contribution in [0, 0.1) is 0 Å². The van der Waals surface area contributed by atoms with Crippen molar-refractivity contribution in [2.45, 2.75) is 65.5 Å². The summed E-state index contributed by atoms with van der Waals surface area (Å²) >= 11 is 5.94. The number of hydrogen-bond acceptors (Lipinski definition) is 3. The van der Waals surface area contributed by atoms with Crippen LogP contribution >= 0.6 is 11.6 Å². The Morgan fingerprint density at radius 1 is 0.786 bits per heavy atom. The summed E-state index contributed by atoms with van der Waals surface area (Å²) in [5.74, 6) is 1.58. The van der Waals surface area contributed by atoms with Gasteiger partial charge in [0.2, 0.25) is 0 Å². The molecule has 0 unspecified atom stereocenters. The lowest BCUT2D eigenvalue weighted by Gasteiger charge is -2.14. The third-order valence-corrected chi connectivity index (χ3v) is 4.90. The quantitative estimate of drug-likeness (QED) is 0.353. The van der Waals surface area contributed by atoms with Crippen LogP contribution in [0.3, 0.4) is 0 Å². The van der Waals surface area contributed by atoms with Crippen LogP contribution in [0.5, 0.6) is 11.5 Å². The molecular weight excluding hydrogens is 370 g/mol. The minimum atomic E-state index is 0.493. The molecule has 0 saturated carbocycles. The van der Waals surface area contributed by atoms with Gasteiger partial charge in [0.1, 0.15) is 6.61 Å². The van der Waals surface area contributed by atoms with Gasteiger partial charge in [0.05, 0.1) is 6.61 Å². The molecule has 0 aromatic heterocycles. The van der Waals surface area contributed by atoms with Crippen molar-refractivity contribution in [3.8, 4) is 11.5 Å². The van der Waals surface area contributed by atoms with Crippen molar-refractivity contribution >= 4 is 11.6 Å². The molecule has 0 saturated heterocycles. The van der Waals surface area contributed by atoms with Gasteiger partial charge in [-0.15, -0.1) is 0 Å². The van der Waals surface area contributed by atoms with Crippen molar-refractivity contribution in [2.75, 3.05) is 13.2 Å². The van der Waals surface area contributed by atoms with E-state index in [-0.39, 0.29) is 0 Å². The molecule has 0 amide bonds. The van der Waals surface area contributed by atoms with Crippen LogP contribution in [0.2, 0.25) is 5.02 Å². The maximum atomic E-state index is 5.97. The molecule has 0 atom stereocenters. The van der Waals surface area contributed by atoms with E-state index < -0.39 is 0 Å². The van der Waals surface area contributed by atoms with Gasteiger partial charge in [0, 0.05) is 11.6 Å². The zero-order valence-electron chi connectivity index (χ0n) is 17.3. The van der Waals surface area contributed by atoms with Crippen molar-refractivity contribution in [1.82, 2.24) is 5.32 Å². The van der Waals surface area contributed by atoms with Gasteiger partial charge >= 0.3 is 0 Å². The number of hydrogen-bond donors (Lipinski definition) is 1. The van der Waals surface area contributed by atoms with Crippen LogP contribution < -0.4 is 14.8 Å². The minimum Gasteiger partial charge on any atom is -0.490 e. The number of benzene rings is 2. The summed E-state index contributed by atoms with van der Waals surface area (Å²) < 4.78 is 11.8. The van der Waals surface area contributed by atoms with E-state index in [2.05, 4.69) is 24.4 Å². The Morgan fingerprint density at radius 3 is 2.25 bits per heavy atom. The zero-order valence-corrected chi connectivity index (χ0v) is 18.1. The van der Waals surface area contributed by atoms with Crippen LogP contribution in [-0.4, -0.2) is 13.2 Å². The fourth-order valence-corrected chi connectivity index (χ4v) is 3.18. The van der Waals surface area contributed by atoms with E-state index in [1.54, 1.807) is 0 Å². The molecule has 154 valence electrons. The largest absolute Gasteiger partial charge is 0.490 e. The summed E-state index contributed by atoms with van der Waals surface area (Å²) in [4.78, 5) is 0. The van der Waals surface area contributed by atoms with Crippen LogP contribution in [0.1, 0.15) is 63.5 Å². The monoisotopic (exact) mass is 403 g/mol. The first-order valence-electron chi connectivity index (χ1n) is 10.6. The predicted octanol–water partition coefficient (Wildman–Crippen LogP) is 6.77. The van der Waals surface area contributed by atoms with Crippen LogP contribution in [-0.2, 0) is 13.2 Å². The molecule has 0 fully saturated rings. The number of ether oxygens (including phenoxy) is 2. The lowest BCUT2D eigenvalue weighted by atomic mass is 10.1. The summed E-state index contributed by atoms with van der Waals surface area (Å²) in [6.45, 7) is 7.27. The van der Waals surface area contributed by atoms with Crippen molar-refractivity contribution < 1.29 is 9.47 Å². The van der Waals surface area contributed by atoms with Gasteiger partial charge in [-0.05, 0) is 55.3 Å². The highest BCUT2D eigenvalue weighted by Gasteiger charge is 2.07. The second-order valence-electron chi connectivity index (χ2n) is 7.07. The van der Waals surface area contributed by atoms with E-state index >= 15 is 0 Å². The first-order chi connectivity index (χ1) is 13.7. The van der Waals surface area contributed by atoms with Crippen molar-refractivity contribution in [1.29, 1.82) is 0 Å². The van der Waals surface area contributed by atoms with E-state index in [4.69, 9.17) is 21.1 Å². The summed E-state index contributed by atoms with van der Waals surface area (Å²) in [6.07, 6.45) is 7.94. The fourth-order valence-electron chi connectivity index (χ4n) is 3.05. The number of halogens is 1. The van der Waals surface area contributed by atoms with Gasteiger partial charge in [0.15, 0.2) is 11.5 Å². The Balaban J connectivity index is 1.79. The van der Waals surface area contributed by atoms with E-state index in [1.807, 2.05) is 37.3 Å². The Kier molecular flexibility index (Phi) is 10.9. The predicted molar refractivity (Wildman–Crippen MR) is 118 cm³/mol. The second kappa shape index (κ2) is 13.5. The molecule has 0 spiro atoms. The highest BCUT2D eigenvalue weighted by molar-refractivity contribution is 6.30. The smallest absolute Gasteiger partial charge is 0.161 e. The zero-order chi connectivity index (χ0) is 20.0. The molecule has 0 aliphatic heterocycles. The van der Waals surface area contributed by atoms with Gasteiger partial charge in [-0.25, -0.2) is 0 Å². The van der Waals surface area contributed by atoms with Gasteiger partial charge in [-0.1, -0.05) is 68.8 Å². The van der Waals surface area contributed by atoms with E-state index in [1.165, 1.54) is 44.1 Å². The molecule has 2 aromatic rings. The van der Waals surface area contributed by atoms with Gasteiger partial charge in [-0.3, -0.25) is 0 Å². The average Bonchev–Trinajstić information content (AvgIpc) is 2.71. The van der Waals surface area contributed by atoms with Crippen molar-refractivity contribution in [3.05, 3.63) is 58.6 Å². The third kappa shape index (κ3) is 8.53. The van der Waals surface area contributed by atoms with Crippen LogP contribution in [0.25, 0.3) is 0 Å². The van der Waals surface area contributed by atoms with Gasteiger partial charge in [-0.2, -0.15) is 0 Å². The number of rotatable bonds is 14. The van der Waals surface area contributed by atoms with Crippen LogP contribution in [0.15, 0.2) is 42.5 Å². The summed E-state index contributed by atoms with van der Waals surface area (Å²) in [5, 5.41) is 4.27. The molecule has 0 radical (unpaired) electrons. The third-order valence-electron chi connectivity index (χ3n) is 4.65. The first kappa shape index (κ1) is 22.6. The number of unbranched alkanes of at least 4 members (excludes halogenated alkanes) is 5. The standard InChI is InChI=1S/C24H34ClNO2/c1-3-5-6-7-8-9-16-26-18-21-12-15-23(24(17-21)27-4-2)28-19-20-10-13-22(25)14-11-20/h10-15,17,26H,3-9,16,18-19H2,1-2H3. The molecule has 0 heterocycles. The Morgan fingerprint density at radius 2 is 1.50 bits per heavy atom. The molecule has 0 aliphatic carbocycles. The van der Waals surface area contributed by atoms with Gasteiger partial charge < -0.3 is 14.8 Å². The molecular formula is C24H34ClNO2. The average molecular weight is 404 g/mol. The van der Waals surface area contributed by atoms with E-state index in [0.717, 1.165) is 35.2 Å². The maximum absolute atomic E-state index is 5.97. The lowest BCUT2D eigenvalue weighted by molar-refractivity contribution is 0.269. The fraction of sp³-hybridized carbons (Fsp3) is 0.500. The molecule has 0 aliphatic rings. The summed E-state index contributed by atoms with van der Waals surface area (Å²) in [7, 11) is 0. The summed E-state index contributed by atoms with van der Waals surface area (Å²) in [5.41, 5.74) is 2.30. The molecule has 0 bridgehead atoms. The molecule has 1 N–H and O–H groups in total. The Hall–Kier alpha value is -1.71. The molecule has 28 heavy (non-hydrogen) atoms. The molecule has 3 nitrogen and oxygen atoms in total. The topological polar surface area (TPSA) is 30.5 Å². The maximum Gasteiger partial charge on any atom is 0.161 e. The first-order valence-corrected chi connectivity index (χ1v) is 10.9. The molecule has 2 rings (SSSR count). The Bertz CT molecular complexity index is 673. The molecule has 4 heteroatoms. The second-order valence-corrected chi connectivity index (χ2v) is 7.51. The van der Waals surface area contributed by atoms with E-state index in [9.17, 15) is 0 Å². The highest BCUT2D eigenvalue weighted by atomic mass is 35.5. The minimum absolute atomic E-state index is 0.493. The SMILES string of the molecule is CCCCCCCCNCc1ccc(OCc2ccc(Cl)cc2)c(OCC)c1. The lowest BCUT2D eigenvalue weighted by Crippen LogP contribution is -2.14. The Labute approximate surface area is 175 Å². The van der Waals surface area contributed by atoms with Crippen molar-refractivity contribution in [3.63, 3.8) is 0 Å². The van der Waals surface area contributed by atoms with Crippen molar-refractivity contribution in [2.24, 2.45) is 0 Å². The van der Waals surface area contributed by atoms with Gasteiger partial charge in [0.25, 0.3) is 0 Å². The summed E-state index contributed by atoms with van der Waals surface area (Å²) in [6, 6.07) is 13.9. The molecule has 2 aromatic carbocycles.